The lowest BCUT2D eigenvalue weighted by molar-refractivity contribution is -0.144. The van der Waals surface area contributed by atoms with Crippen LogP contribution in [0.1, 0.15) is 72.6 Å². The monoisotopic (exact) mass is 500 g/mol. The van der Waals surface area contributed by atoms with Crippen molar-refractivity contribution in [3.8, 4) is 0 Å². The number of rotatable bonds is 18. The highest BCUT2D eigenvalue weighted by Gasteiger charge is 2.32. The molecule has 35 heavy (non-hydrogen) atoms. The highest BCUT2D eigenvalue weighted by Crippen LogP contribution is 2.10. The predicted molar refractivity (Wildman–Crippen MR) is 132 cm³/mol. The normalized spacial score (nSPS) is 15.4. The van der Waals surface area contributed by atoms with Crippen LogP contribution in [-0.2, 0) is 24.0 Å². The number of aliphatic carboxylic acids is 1. The number of carbonyl (C=O) groups excluding carboxylic acids is 4. The van der Waals surface area contributed by atoms with Gasteiger partial charge in [0.1, 0.15) is 18.1 Å². The lowest BCUT2D eigenvalue weighted by Gasteiger charge is -2.26. The van der Waals surface area contributed by atoms with Crippen molar-refractivity contribution in [3.63, 3.8) is 0 Å². The fourth-order valence-corrected chi connectivity index (χ4v) is 3.42. The number of unbranched alkanes of at least 4 members (excludes halogenated alkanes) is 1. The van der Waals surface area contributed by atoms with Crippen LogP contribution in [0, 0.1) is 11.8 Å². The first kappa shape index (κ1) is 32.3. The summed E-state index contributed by atoms with van der Waals surface area (Å²) in [5.74, 6) is -3.97. The Morgan fingerprint density at radius 3 is 1.89 bits per heavy atom. The van der Waals surface area contributed by atoms with Gasteiger partial charge in [-0.2, -0.15) is 0 Å². The molecule has 0 rings (SSSR count). The molecule has 0 aromatic carbocycles. The van der Waals surface area contributed by atoms with Gasteiger partial charge in [-0.05, 0) is 50.5 Å². The number of carboxylic acid groups (broad SMARTS) is 1. The van der Waals surface area contributed by atoms with E-state index in [4.69, 9.17) is 17.2 Å². The molecule has 0 spiro atoms. The topological polar surface area (TPSA) is 220 Å². The van der Waals surface area contributed by atoms with E-state index in [1.165, 1.54) is 0 Å². The molecule has 0 aromatic heterocycles. The second-order valence-electron chi connectivity index (χ2n) is 9.36. The van der Waals surface area contributed by atoms with Crippen LogP contribution < -0.4 is 33.2 Å². The van der Waals surface area contributed by atoms with Gasteiger partial charge in [0.2, 0.25) is 23.6 Å². The van der Waals surface area contributed by atoms with Crippen molar-refractivity contribution < 1.29 is 29.1 Å². The van der Waals surface area contributed by atoms with Crippen molar-refractivity contribution in [1.82, 2.24) is 16.0 Å². The van der Waals surface area contributed by atoms with Crippen molar-refractivity contribution in [2.24, 2.45) is 29.0 Å². The van der Waals surface area contributed by atoms with Gasteiger partial charge in [0.25, 0.3) is 0 Å². The largest absolute Gasteiger partial charge is 0.480 e. The van der Waals surface area contributed by atoms with Gasteiger partial charge in [0, 0.05) is 6.42 Å². The third-order valence-electron chi connectivity index (χ3n) is 5.73. The molecule has 0 aromatic rings. The molecular formula is C23H44N6O6. The molecule has 0 aliphatic carbocycles. The summed E-state index contributed by atoms with van der Waals surface area (Å²) in [6.07, 6.45) is 2.02. The van der Waals surface area contributed by atoms with Crippen LogP contribution in [0.5, 0.6) is 0 Å². The van der Waals surface area contributed by atoms with Crippen LogP contribution in [0.4, 0.5) is 0 Å². The van der Waals surface area contributed by atoms with Crippen LogP contribution >= 0.6 is 0 Å². The molecule has 5 unspecified atom stereocenters. The Hall–Kier alpha value is -2.73. The summed E-state index contributed by atoms with van der Waals surface area (Å²) in [6, 6.07) is -4.18. The van der Waals surface area contributed by atoms with Crippen LogP contribution in [0.15, 0.2) is 0 Å². The Balaban J connectivity index is 5.62. The molecule has 0 aliphatic heterocycles. The Labute approximate surface area is 207 Å². The fraction of sp³-hybridized carbons (Fsp3) is 0.783. The molecule has 0 bridgehead atoms. The SMILES string of the molecule is CCC(C)C(NC(=O)C(CCC(N)=O)NC(=O)C(CCCCN)NC(=O)C(N)CC(C)C)C(=O)O. The van der Waals surface area contributed by atoms with E-state index in [1.807, 2.05) is 13.8 Å². The molecule has 0 saturated heterocycles. The van der Waals surface area contributed by atoms with E-state index in [-0.39, 0.29) is 31.1 Å². The minimum absolute atomic E-state index is 0.129. The Bertz CT molecular complexity index is 717. The molecule has 0 heterocycles. The smallest absolute Gasteiger partial charge is 0.326 e. The number of hydrogen-bond donors (Lipinski definition) is 7. The summed E-state index contributed by atoms with van der Waals surface area (Å²) in [5.41, 5.74) is 16.7. The highest BCUT2D eigenvalue weighted by atomic mass is 16.4. The number of amides is 4. The summed E-state index contributed by atoms with van der Waals surface area (Å²) in [5, 5.41) is 17.1. The van der Waals surface area contributed by atoms with Crippen molar-refractivity contribution in [1.29, 1.82) is 0 Å². The summed E-state index contributed by atoms with van der Waals surface area (Å²) in [7, 11) is 0. The van der Waals surface area contributed by atoms with E-state index in [0.29, 0.717) is 32.2 Å². The molecule has 0 fully saturated rings. The minimum Gasteiger partial charge on any atom is -0.480 e. The van der Waals surface area contributed by atoms with E-state index in [0.717, 1.165) is 0 Å². The second-order valence-corrected chi connectivity index (χ2v) is 9.36. The van der Waals surface area contributed by atoms with Gasteiger partial charge in [0.15, 0.2) is 0 Å². The molecule has 0 radical (unpaired) electrons. The number of nitrogens with one attached hydrogen (secondary N) is 3. The number of primary amides is 1. The average molecular weight is 501 g/mol. The van der Waals surface area contributed by atoms with Gasteiger partial charge in [-0.1, -0.05) is 34.1 Å². The first-order valence-electron chi connectivity index (χ1n) is 12.2. The highest BCUT2D eigenvalue weighted by molar-refractivity contribution is 5.94. The van der Waals surface area contributed by atoms with Gasteiger partial charge < -0.3 is 38.3 Å². The number of carboxylic acids is 1. The van der Waals surface area contributed by atoms with E-state index < -0.39 is 53.8 Å². The summed E-state index contributed by atoms with van der Waals surface area (Å²) in [4.78, 5) is 61.4. The standard InChI is InChI=1S/C23H44N6O6/c1-5-14(4)19(23(34)35)29-22(33)17(9-10-18(26)30)28-21(32)16(8-6-7-11-24)27-20(31)15(25)12-13(2)3/h13-17,19H,5-12,24-25H2,1-4H3,(H2,26,30)(H,27,31)(H,28,32)(H,29,33)(H,34,35). The van der Waals surface area contributed by atoms with Gasteiger partial charge in [0.05, 0.1) is 6.04 Å². The molecule has 5 atom stereocenters. The first-order valence-corrected chi connectivity index (χ1v) is 12.2. The number of hydrogen-bond acceptors (Lipinski definition) is 7. The van der Waals surface area contributed by atoms with E-state index in [2.05, 4.69) is 16.0 Å². The maximum Gasteiger partial charge on any atom is 0.326 e. The molecule has 0 saturated carbocycles. The lowest BCUT2D eigenvalue weighted by atomic mass is 9.98. The molecule has 4 amide bonds. The Morgan fingerprint density at radius 1 is 0.857 bits per heavy atom. The van der Waals surface area contributed by atoms with E-state index in [1.54, 1.807) is 13.8 Å². The van der Waals surface area contributed by atoms with Crippen molar-refractivity contribution in [2.45, 2.75) is 96.8 Å². The van der Waals surface area contributed by atoms with Crippen LogP contribution in [-0.4, -0.2) is 65.4 Å². The Morgan fingerprint density at radius 2 is 1.40 bits per heavy atom. The lowest BCUT2D eigenvalue weighted by Crippen LogP contribution is -2.57. The van der Waals surface area contributed by atoms with Gasteiger partial charge in [-0.3, -0.25) is 19.2 Å². The molecular weight excluding hydrogens is 456 g/mol. The molecule has 0 aliphatic rings. The third-order valence-corrected chi connectivity index (χ3v) is 5.73. The van der Waals surface area contributed by atoms with Crippen LogP contribution in [0.25, 0.3) is 0 Å². The maximum atomic E-state index is 13.1. The Kier molecular flexibility index (Phi) is 15.5. The van der Waals surface area contributed by atoms with Crippen LogP contribution in [0.2, 0.25) is 0 Å². The quantitative estimate of drug-likeness (QED) is 0.119. The van der Waals surface area contributed by atoms with Gasteiger partial charge >= 0.3 is 5.97 Å². The van der Waals surface area contributed by atoms with Crippen molar-refractivity contribution in [3.05, 3.63) is 0 Å². The molecule has 202 valence electrons. The van der Waals surface area contributed by atoms with Gasteiger partial charge in [-0.25, -0.2) is 4.79 Å². The fourth-order valence-electron chi connectivity index (χ4n) is 3.42. The molecule has 12 nitrogen and oxygen atoms in total. The summed E-state index contributed by atoms with van der Waals surface area (Å²) in [6.45, 7) is 7.72. The van der Waals surface area contributed by atoms with Crippen molar-refractivity contribution in [2.75, 3.05) is 6.54 Å². The van der Waals surface area contributed by atoms with E-state index >= 15 is 0 Å². The third kappa shape index (κ3) is 13.1. The van der Waals surface area contributed by atoms with Crippen molar-refractivity contribution >= 4 is 29.6 Å². The zero-order valence-corrected chi connectivity index (χ0v) is 21.3. The minimum atomic E-state index is -1.22. The van der Waals surface area contributed by atoms with E-state index in [9.17, 15) is 29.1 Å². The maximum absolute atomic E-state index is 13.1. The molecule has 12 heteroatoms. The predicted octanol–water partition coefficient (Wildman–Crippen LogP) is -0.661. The number of nitrogens with two attached hydrogens (primary N) is 3. The average Bonchev–Trinajstić information content (AvgIpc) is 2.77. The summed E-state index contributed by atoms with van der Waals surface area (Å²) < 4.78 is 0. The zero-order valence-electron chi connectivity index (χ0n) is 21.3. The van der Waals surface area contributed by atoms with Crippen LogP contribution in [0.3, 0.4) is 0 Å². The molecule has 10 N–H and O–H groups in total. The number of carbonyl (C=O) groups is 5. The zero-order chi connectivity index (χ0) is 27.1. The first-order chi connectivity index (χ1) is 16.3. The second kappa shape index (κ2) is 16.8. The summed E-state index contributed by atoms with van der Waals surface area (Å²) >= 11 is 0. The van der Waals surface area contributed by atoms with Gasteiger partial charge in [-0.15, -0.1) is 0 Å².